The van der Waals surface area contributed by atoms with Crippen molar-refractivity contribution in [3.05, 3.63) is 60.8 Å². The molecule has 0 aromatic rings. The van der Waals surface area contributed by atoms with Crippen molar-refractivity contribution in [3.63, 3.8) is 0 Å². The zero-order valence-corrected chi connectivity index (χ0v) is 34.0. The summed E-state index contributed by atoms with van der Waals surface area (Å²) in [5.74, 6) is -1.79. The van der Waals surface area contributed by atoms with Gasteiger partial charge in [0, 0.05) is 13.0 Å². The number of carboxylic acid groups (broad SMARTS) is 1. The summed E-state index contributed by atoms with van der Waals surface area (Å²) >= 11 is 0. The van der Waals surface area contributed by atoms with Gasteiger partial charge in [0.25, 0.3) is 0 Å². The largest absolute Gasteiger partial charge is 0.480 e. The zero-order chi connectivity index (χ0) is 39.1. The van der Waals surface area contributed by atoms with Crippen LogP contribution in [0, 0.1) is 0 Å². The van der Waals surface area contributed by atoms with E-state index in [1.165, 1.54) is 44.9 Å². The molecule has 0 saturated heterocycles. The van der Waals surface area contributed by atoms with Crippen molar-refractivity contribution in [3.8, 4) is 0 Å². The van der Waals surface area contributed by atoms with Crippen LogP contribution in [0.15, 0.2) is 60.8 Å². The highest BCUT2D eigenvalue weighted by Crippen LogP contribution is 2.43. The molecule has 0 aromatic carbocycles. The van der Waals surface area contributed by atoms with Gasteiger partial charge in [-0.3, -0.25) is 18.6 Å². The summed E-state index contributed by atoms with van der Waals surface area (Å²) in [6, 6.07) is -1.48. The van der Waals surface area contributed by atoms with E-state index in [0.717, 1.165) is 83.5 Å². The lowest BCUT2D eigenvalue weighted by Gasteiger charge is -2.20. The Morgan fingerprint density at radius 3 is 1.64 bits per heavy atom. The molecule has 0 rings (SSSR count). The Morgan fingerprint density at radius 2 is 1.09 bits per heavy atom. The Kier molecular flexibility index (Phi) is 36.3. The van der Waals surface area contributed by atoms with E-state index < -0.39 is 45.1 Å². The van der Waals surface area contributed by atoms with Crippen LogP contribution in [-0.2, 0) is 32.7 Å². The predicted molar refractivity (Wildman–Crippen MR) is 217 cm³/mol. The minimum absolute atomic E-state index is 0.00534. The maximum atomic E-state index is 12.5. The van der Waals surface area contributed by atoms with Gasteiger partial charge in [0.15, 0.2) is 0 Å². The number of allylic oxidation sites excluding steroid dienone is 10. The van der Waals surface area contributed by atoms with Gasteiger partial charge in [-0.1, -0.05) is 152 Å². The molecule has 3 unspecified atom stereocenters. The number of phosphoric acid groups is 1. The topological polar surface area (TPSA) is 155 Å². The van der Waals surface area contributed by atoms with Crippen LogP contribution in [0.25, 0.3) is 0 Å². The summed E-state index contributed by atoms with van der Waals surface area (Å²) in [5, 5.41) is 8.87. The molecule has 53 heavy (non-hydrogen) atoms. The monoisotopic (exact) mass is 768 g/mol. The fraction of sp³-hybridized carbons (Fsp3) is 0.714. The summed E-state index contributed by atoms with van der Waals surface area (Å²) in [6.45, 7) is 3.69. The van der Waals surface area contributed by atoms with Crippen LogP contribution in [0.5, 0.6) is 0 Å². The molecule has 0 aliphatic rings. The molecule has 306 valence electrons. The first-order valence-electron chi connectivity index (χ1n) is 20.3. The maximum Gasteiger partial charge on any atom is 0.472 e. The number of nitrogens with two attached hydrogens (primary N) is 1. The molecular formula is C42H74NO9P. The number of carbonyl (C=O) groups is 2. The fourth-order valence-electron chi connectivity index (χ4n) is 5.16. The van der Waals surface area contributed by atoms with E-state index in [1.807, 2.05) is 0 Å². The highest BCUT2D eigenvalue weighted by molar-refractivity contribution is 7.47. The number of phosphoric ester groups is 1. The summed E-state index contributed by atoms with van der Waals surface area (Å²) in [7, 11) is -4.61. The number of esters is 1. The van der Waals surface area contributed by atoms with Crippen molar-refractivity contribution in [1.82, 2.24) is 0 Å². The Bertz CT molecular complexity index is 1070. The average molecular weight is 768 g/mol. The second kappa shape index (κ2) is 38.0. The van der Waals surface area contributed by atoms with Crippen molar-refractivity contribution in [2.45, 2.75) is 167 Å². The molecule has 0 aromatic heterocycles. The smallest absolute Gasteiger partial charge is 0.472 e. The van der Waals surface area contributed by atoms with Gasteiger partial charge in [-0.2, -0.15) is 0 Å². The van der Waals surface area contributed by atoms with Crippen molar-refractivity contribution in [2.75, 3.05) is 26.4 Å². The van der Waals surface area contributed by atoms with E-state index in [0.29, 0.717) is 13.0 Å². The second-order valence-electron chi connectivity index (χ2n) is 13.4. The normalized spacial score (nSPS) is 14.6. The quantitative estimate of drug-likeness (QED) is 0.0239. The molecule has 0 bridgehead atoms. The van der Waals surface area contributed by atoms with Crippen LogP contribution in [0.2, 0.25) is 0 Å². The van der Waals surface area contributed by atoms with E-state index >= 15 is 0 Å². The van der Waals surface area contributed by atoms with Crippen LogP contribution in [0.1, 0.15) is 155 Å². The number of carboxylic acids is 1. The van der Waals surface area contributed by atoms with Gasteiger partial charge in [-0.25, -0.2) is 4.57 Å². The molecular weight excluding hydrogens is 693 g/mol. The van der Waals surface area contributed by atoms with Crippen LogP contribution >= 0.6 is 7.82 Å². The third-order valence-corrected chi connectivity index (χ3v) is 9.26. The summed E-state index contributed by atoms with van der Waals surface area (Å²) < 4.78 is 33.2. The molecule has 10 nitrogen and oxygen atoms in total. The summed E-state index contributed by atoms with van der Waals surface area (Å²) in [4.78, 5) is 33.3. The first-order chi connectivity index (χ1) is 25.7. The van der Waals surface area contributed by atoms with Crippen LogP contribution in [-0.4, -0.2) is 60.5 Å². The number of hydrogen-bond acceptors (Lipinski definition) is 8. The molecule has 0 fully saturated rings. The van der Waals surface area contributed by atoms with E-state index in [4.69, 9.17) is 24.8 Å². The molecule has 0 radical (unpaired) electrons. The Hall–Kier alpha value is -2.33. The predicted octanol–water partition coefficient (Wildman–Crippen LogP) is 10.9. The van der Waals surface area contributed by atoms with Gasteiger partial charge in [-0.15, -0.1) is 0 Å². The maximum absolute atomic E-state index is 12.5. The van der Waals surface area contributed by atoms with Gasteiger partial charge in [0.05, 0.1) is 19.8 Å². The number of unbranched alkanes of at least 4 members (excludes halogenated alkanes) is 14. The molecule has 4 N–H and O–H groups in total. The molecule has 0 aliphatic carbocycles. The molecule has 0 aliphatic heterocycles. The molecule has 0 amide bonds. The zero-order valence-electron chi connectivity index (χ0n) is 33.1. The van der Waals surface area contributed by atoms with Gasteiger partial charge in [-0.05, 0) is 57.8 Å². The van der Waals surface area contributed by atoms with E-state index in [-0.39, 0.29) is 13.0 Å². The molecule has 0 saturated carbocycles. The Morgan fingerprint density at radius 1 is 0.623 bits per heavy atom. The number of ether oxygens (including phenoxy) is 2. The minimum Gasteiger partial charge on any atom is -0.480 e. The minimum atomic E-state index is -4.61. The van der Waals surface area contributed by atoms with Gasteiger partial charge < -0.3 is 25.2 Å². The van der Waals surface area contributed by atoms with Crippen molar-refractivity contribution in [2.24, 2.45) is 5.73 Å². The lowest BCUT2D eigenvalue weighted by atomic mass is 10.1. The van der Waals surface area contributed by atoms with Crippen molar-refractivity contribution < 1.29 is 42.7 Å². The first-order valence-corrected chi connectivity index (χ1v) is 21.8. The first kappa shape index (κ1) is 50.7. The standard InChI is InChI=1S/C42H74NO9P/c1-3-5-7-9-11-13-14-15-16-17-18-19-20-21-22-23-24-25-27-29-31-33-35-49-36-39(37-50-53(47,48)51-38-40(43)42(45)46)52-41(44)34-32-30-28-26-12-10-8-6-4-2/h5,7,11,13,15-16,18-19,21-22,39-40H,3-4,6,8-10,12,14,17,20,23-38,43H2,1-2H3,(H,45,46)(H,47,48)/b7-5-,13-11-,16-15-,19-18-,22-21-. The SMILES string of the molecule is CC/C=C\C/C=C\C/C=C\C/C=C\C/C=C\CCCCCCCCOCC(COP(=O)(O)OCC(N)C(=O)O)OC(=O)CCCCCCCCCCC. The van der Waals surface area contributed by atoms with Crippen LogP contribution in [0.4, 0.5) is 0 Å². The van der Waals surface area contributed by atoms with Gasteiger partial charge >= 0.3 is 19.8 Å². The highest BCUT2D eigenvalue weighted by Gasteiger charge is 2.27. The third-order valence-electron chi connectivity index (χ3n) is 8.31. The second-order valence-corrected chi connectivity index (χ2v) is 14.8. The van der Waals surface area contributed by atoms with Crippen LogP contribution < -0.4 is 5.73 Å². The summed E-state index contributed by atoms with van der Waals surface area (Å²) in [6.07, 6.45) is 44.3. The lowest BCUT2D eigenvalue weighted by molar-refractivity contribution is -0.154. The number of rotatable bonds is 38. The average Bonchev–Trinajstić information content (AvgIpc) is 3.13. The van der Waals surface area contributed by atoms with E-state index in [1.54, 1.807) is 0 Å². The molecule has 0 heterocycles. The van der Waals surface area contributed by atoms with E-state index in [2.05, 4.69) is 79.1 Å². The van der Waals surface area contributed by atoms with Crippen LogP contribution in [0.3, 0.4) is 0 Å². The van der Waals surface area contributed by atoms with E-state index in [9.17, 15) is 19.0 Å². The summed E-state index contributed by atoms with van der Waals surface area (Å²) in [5.41, 5.74) is 5.34. The molecule has 0 spiro atoms. The number of aliphatic carboxylic acids is 1. The number of carbonyl (C=O) groups excluding carboxylic acids is 1. The fourth-order valence-corrected chi connectivity index (χ4v) is 5.94. The Labute approximate surface area is 322 Å². The molecule has 3 atom stereocenters. The van der Waals surface area contributed by atoms with Crippen molar-refractivity contribution >= 4 is 19.8 Å². The lowest BCUT2D eigenvalue weighted by Crippen LogP contribution is -2.34. The third kappa shape index (κ3) is 37.8. The van der Waals surface area contributed by atoms with Gasteiger partial charge in [0.1, 0.15) is 12.1 Å². The highest BCUT2D eigenvalue weighted by atomic mass is 31.2. The van der Waals surface area contributed by atoms with Gasteiger partial charge in [0.2, 0.25) is 0 Å². The number of hydrogen-bond donors (Lipinski definition) is 3. The molecule has 11 heteroatoms. The Balaban J connectivity index is 4.21. The van der Waals surface area contributed by atoms with Crippen molar-refractivity contribution in [1.29, 1.82) is 0 Å².